The summed E-state index contributed by atoms with van der Waals surface area (Å²) in [7, 11) is -1.78. The lowest BCUT2D eigenvalue weighted by Crippen LogP contribution is -2.52. The maximum Gasteiger partial charge on any atom is 0.490 e. The zero-order valence-corrected chi connectivity index (χ0v) is 79.4. The lowest BCUT2D eigenvalue weighted by molar-refractivity contribution is -0.205. The van der Waals surface area contributed by atoms with Crippen molar-refractivity contribution in [2.24, 2.45) is 21.7 Å². The molecule has 9 aliphatic rings. The summed E-state index contributed by atoms with van der Waals surface area (Å²) in [4.78, 5) is 52.6. The number of esters is 3. The molecule has 12 rings (SSSR count). The summed E-state index contributed by atoms with van der Waals surface area (Å²) in [6.07, 6.45) is -1.73. The predicted molar refractivity (Wildman–Crippen MR) is 493 cm³/mol. The van der Waals surface area contributed by atoms with Crippen LogP contribution in [0.25, 0.3) is 11.1 Å². The zero-order chi connectivity index (χ0) is 104. The van der Waals surface area contributed by atoms with E-state index in [0.29, 0.717) is 80.0 Å². The molecule has 0 radical (unpaired) electrons. The molecule has 5 fully saturated rings. The molecule has 5 saturated heterocycles. The zero-order valence-electron chi connectivity index (χ0n) is 93.9. The van der Waals surface area contributed by atoms with Gasteiger partial charge in [-0.3, -0.25) is 9.97 Å². The van der Waals surface area contributed by atoms with Gasteiger partial charge in [-0.05, 0) is 348 Å². The SMILES string of the molecule is CCCCOC(=O)C1(C)CC(c2ccc(N)c(Br)n2)CC(C)(C)O1.[2H]C1=C(B2OC(C)(C)C(C)(C)O2)C([2H])([2H])C([2H])C(C)(C)C1.[2H]C1=C(B2OC(C)(C)C(C)(C)O2)C([2H])([2H])CC(C)(C)C1[2H].[2H]C1=C(c2nc(C3CC(C)(C)OC(C)(C(=O)OCCCC)C3)ccc2N)C([2H])([2H])C([2H])C(C)(C)C1.[2H]C1=C(c2nc(C3CC(C)(C)OC(C)(C(=O)OCCCC)C3)ccc2N)C([2H])([2H])CC(C)(C)C1[2H]. The minimum atomic E-state index is -2.08. The monoisotopic (exact) mass is 1740 g/mol. The molecule has 0 bridgehead atoms. The Kier molecular flexibility index (Phi) is 25.5. The normalized spacial score (nSPS) is 34.4. The topological polar surface area (TPSA) is 260 Å². The van der Waals surface area contributed by atoms with Gasteiger partial charge in [0.1, 0.15) is 4.60 Å². The van der Waals surface area contributed by atoms with Gasteiger partial charge in [-0.2, -0.15) is 0 Å². The Labute approximate surface area is 755 Å². The smallest absolute Gasteiger partial charge is 0.464 e. The maximum atomic E-state index is 13.0. The van der Waals surface area contributed by atoms with Crippen LogP contribution in [-0.4, -0.2) is 123 Å². The second-order valence-corrected chi connectivity index (χ2v) is 42.1. The highest BCUT2D eigenvalue weighted by Crippen LogP contribution is 2.51. The summed E-state index contributed by atoms with van der Waals surface area (Å²) >= 11 is 3.38. The van der Waals surface area contributed by atoms with Crippen LogP contribution < -0.4 is 17.2 Å². The first kappa shape index (κ1) is 78.1. The number of nitrogen functional groups attached to an aromatic ring is 3. The molecule has 0 saturated carbocycles. The van der Waals surface area contributed by atoms with Crippen LogP contribution in [0.5, 0.6) is 0 Å². The van der Waals surface area contributed by atoms with Gasteiger partial charge in [-0.1, -0.05) is 120 Å². The predicted octanol–water partition coefficient (Wildman–Crippen LogP) is 23.8. The number of hydrogen-bond donors (Lipinski definition) is 3. The molecule has 10 unspecified atom stereocenters. The van der Waals surface area contributed by atoms with E-state index in [2.05, 4.69) is 27.8 Å². The molecular formula is C98H157B2BrN6O13. The van der Waals surface area contributed by atoms with Crippen molar-refractivity contribution < 1.29 is 83.4 Å². The Balaban J connectivity index is 0.000000213. The molecule has 19 nitrogen and oxygen atoms in total. The van der Waals surface area contributed by atoms with Gasteiger partial charge in [0.2, 0.25) is 0 Å². The van der Waals surface area contributed by atoms with Crippen LogP contribution in [0.2, 0.25) is 0 Å². The molecule has 4 aliphatic carbocycles. The number of halogens is 1. The van der Waals surface area contributed by atoms with Crippen molar-refractivity contribution in [3.8, 4) is 0 Å². The fourth-order valence-corrected chi connectivity index (χ4v) is 16.0. The fraction of sp³-hybridized carbons (Fsp3) is 0.735. The molecule has 22 heteroatoms. The number of nitrogens with zero attached hydrogens (tertiary/aromatic N) is 3. The number of rotatable bonds is 19. The average Bonchev–Trinajstić information content (AvgIpc) is 1.64. The molecule has 3 aromatic heterocycles. The van der Waals surface area contributed by atoms with E-state index in [0.717, 1.165) is 50.6 Å². The van der Waals surface area contributed by atoms with Crippen LogP contribution in [0.15, 0.2) is 76.2 Å². The van der Waals surface area contributed by atoms with Crippen molar-refractivity contribution in [1.29, 1.82) is 0 Å². The van der Waals surface area contributed by atoms with E-state index in [9.17, 15) is 14.4 Å². The molecule has 0 amide bonds. The number of allylic oxidation sites excluding steroid dienone is 8. The number of hydrogen-bond acceptors (Lipinski definition) is 19. The van der Waals surface area contributed by atoms with Gasteiger partial charge in [0.15, 0.2) is 16.8 Å². The Morgan fingerprint density at radius 1 is 0.425 bits per heavy atom. The van der Waals surface area contributed by atoms with Gasteiger partial charge in [-0.15, -0.1) is 0 Å². The van der Waals surface area contributed by atoms with Crippen LogP contribution in [0.3, 0.4) is 0 Å². The number of anilines is 3. The number of pyridine rings is 3. The van der Waals surface area contributed by atoms with E-state index in [4.69, 9.17) is 96.1 Å². The highest BCUT2D eigenvalue weighted by atomic mass is 79.9. The summed E-state index contributed by atoms with van der Waals surface area (Å²) in [5.41, 5.74) is 13.0. The van der Waals surface area contributed by atoms with E-state index in [1.807, 2.05) is 185 Å². The van der Waals surface area contributed by atoms with Crippen LogP contribution in [0.1, 0.15) is 416 Å². The van der Waals surface area contributed by atoms with Gasteiger partial charge in [-0.25, -0.2) is 19.4 Å². The summed E-state index contributed by atoms with van der Waals surface area (Å²) in [6, 6.07) is 11.0. The molecule has 670 valence electrons. The van der Waals surface area contributed by atoms with Gasteiger partial charge in [0, 0.05) is 51.3 Å². The second-order valence-electron chi connectivity index (χ2n) is 41.3. The summed E-state index contributed by atoms with van der Waals surface area (Å²) in [5, 5.41) is 0. The molecule has 8 heterocycles. The third kappa shape index (κ3) is 26.8. The Hall–Kier alpha value is -5.45. The minimum Gasteiger partial charge on any atom is -0.464 e. The van der Waals surface area contributed by atoms with Crippen molar-refractivity contribution in [3.05, 3.63) is 105 Å². The molecule has 10 atom stereocenters. The van der Waals surface area contributed by atoms with Crippen LogP contribution in [0, 0.1) is 21.7 Å². The molecule has 0 aromatic carbocycles. The quantitative estimate of drug-likeness (QED) is 0.0331. The Bertz CT molecular complexity index is 4930. The first-order chi connectivity index (χ1) is 61.7. The van der Waals surface area contributed by atoms with Crippen LogP contribution in [-0.2, 0) is 61.4 Å². The van der Waals surface area contributed by atoms with Crippen LogP contribution in [0.4, 0.5) is 17.1 Å². The number of carbonyl (C=O) groups excluding carboxylic acids is 3. The van der Waals surface area contributed by atoms with Gasteiger partial charge in [0.25, 0.3) is 0 Å². The van der Waals surface area contributed by atoms with Crippen LogP contribution >= 0.6 is 15.9 Å². The number of aromatic nitrogens is 3. The van der Waals surface area contributed by atoms with Crippen molar-refractivity contribution in [3.63, 3.8) is 0 Å². The standard InChI is InChI=1S/2C26H40N2O3.C18H27BrN2O3.2C14H25BO2/c2*1-7-8-15-30-23(29)26(6)17-19(16-25(4,5)31-26)21-10-9-20(27)22(28-21)18-11-13-24(2,3)14-12-18;1-5-6-9-23-16(22)18(4)11-12(10-17(2,3)24-18)14-8-7-13(20)15(19)21-14;2*1-12(2)9-7-11(8-10-12)15-16-13(3,4)14(5,6)17-15/h2*9-11,19H,7-8,12-17,27H2,1-6H3;7-8,12H,5-6,9-11,20H2,1-4H3;2*7H,8-10H2,1-6H3/i11D,12D2,14D;11D,12D2,13D;;7D,8D2,10D;7D,8D2,9D. The first-order valence-corrected chi connectivity index (χ1v) is 44.3. The van der Waals surface area contributed by atoms with Crippen molar-refractivity contribution in [1.82, 2.24) is 15.0 Å². The molecule has 3 aromatic rings. The maximum absolute atomic E-state index is 13.0. The van der Waals surface area contributed by atoms with Crippen molar-refractivity contribution in [2.75, 3.05) is 37.0 Å². The second kappa shape index (κ2) is 39.2. The number of nitrogens with two attached hydrogens (primary N) is 3. The van der Waals surface area contributed by atoms with E-state index in [1.165, 1.54) is 0 Å². The molecule has 5 aliphatic heterocycles. The third-order valence-corrected chi connectivity index (χ3v) is 24.6. The summed E-state index contributed by atoms with van der Waals surface area (Å²) in [6.45, 7) is 54.1. The Morgan fingerprint density at radius 2 is 0.750 bits per heavy atom. The highest BCUT2D eigenvalue weighted by molar-refractivity contribution is 9.10. The van der Waals surface area contributed by atoms with Crippen molar-refractivity contribution in [2.45, 2.75) is 421 Å². The van der Waals surface area contributed by atoms with E-state index in [-0.39, 0.29) is 112 Å². The molecule has 120 heavy (non-hydrogen) atoms. The van der Waals surface area contributed by atoms with Gasteiger partial charge in [0.05, 0.1) is 93.0 Å². The van der Waals surface area contributed by atoms with Crippen molar-refractivity contribution >= 4 is 76.3 Å². The number of carbonyl (C=O) groups is 3. The van der Waals surface area contributed by atoms with E-state index >= 15 is 0 Å². The molecule has 6 N–H and O–H groups in total. The summed E-state index contributed by atoms with van der Waals surface area (Å²) in [5.74, 6) is -1.28. The molecule has 0 spiro atoms. The van der Waals surface area contributed by atoms with Gasteiger partial charge < -0.3 is 64.2 Å². The van der Waals surface area contributed by atoms with E-state index < -0.39 is 155 Å². The minimum absolute atomic E-state index is 0.00486. The van der Waals surface area contributed by atoms with Gasteiger partial charge >= 0.3 is 32.1 Å². The lowest BCUT2D eigenvalue weighted by atomic mass is 9.67. The average molecular weight is 1740 g/mol. The fourth-order valence-electron chi connectivity index (χ4n) is 15.7. The summed E-state index contributed by atoms with van der Waals surface area (Å²) < 4.78 is 195. The lowest BCUT2D eigenvalue weighted by Gasteiger charge is -2.45. The first-order valence-electron chi connectivity index (χ1n) is 51.8. The van der Waals surface area contributed by atoms with E-state index in [1.54, 1.807) is 38.1 Å². The third-order valence-electron chi connectivity index (χ3n) is 24.0. The Morgan fingerprint density at radius 3 is 1.12 bits per heavy atom. The number of unbranched alkanes of at least 4 members (excludes halogenated alkanes) is 3. The largest absolute Gasteiger partial charge is 0.490 e. The highest BCUT2D eigenvalue weighted by Gasteiger charge is 2.56. The molecular weight excluding hydrogens is 1570 g/mol. The number of ether oxygens (including phenoxy) is 6.